The van der Waals surface area contributed by atoms with Crippen molar-refractivity contribution in [2.45, 2.75) is 0 Å². The Kier molecular flexibility index (Phi) is 3.32. The topological polar surface area (TPSA) is 50.8 Å². The van der Waals surface area contributed by atoms with Gasteiger partial charge in [0.25, 0.3) is 0 Å². The van der Waals surface area contributed by atoms with Gasteiger partial charge >= 0.3 is 0 Å². The standard InChI is InChI=1S/C13H9ClIN3O/c1-19-11-5-4-10-13(17-11)18-12(16-10)8-6-7(14)2-3-9(8)15/h2-6H,1H3,(H,16,17,18). The molecule has 3 rings (SSSR count). The normalized spacial score (nSPS) is 10.9. The van der Waals surface area contributed by atoms with Gasteiger partial charge in [-0.25, -0.2) is 4.98 Å². The van der Waals surface area contributed by atoms with E-state index in [9.17, 15) is 0 Å². The van der Waals surface area contributed by atoms with Crippen molar-refractivity contribution >= 4 is 45.4 Å². The Hall–Kier alpha value is -1.34. The number of imidazole rings is 1. The van der Waals surface area contributed by atoms with Gasteiger partial charge in [-0.2, -0.15) is 4.98 Å². The first kappa shape index (κ1) is 12.7. The summed E-state index contributed by atoms with van der Waals surface area (Å²) in [5, 5.41) is 0.682. The van der Waals surface area contributed by atoms with E-state index in [-0.39, 0.29) is 0 Å². The van der Waals surface area contributed by atoms with Gasteiger partial charge in [0.1, 0.15) is 5.82 Å². The van der Waals surface area contributed by atoms with E-state index in [1.807, 2.05) is 24.3 Å². The number of nitrogens with zero attached hydrogens (tertiary/aromatic N) is 2. The number of hydrogen-bond donors (Lipinski definition) is 1. The molecule has 0 aliphatic rings. The molecule has 2 heterocycles. The van der Waals surface area contributed by atoms with Crippen LogP contribution in [0.15, 0.2) is 30.3 Å². The minimum Gasteiger partial charge on any atom is -0.481 e. The molecule has 0 unspecified atom stereocenters. The molecule has 0 radical (unpaired) electrons. The molecule has 2 aromatic heterocycles. The van der Waals surface area contributed by atoms with Gasteiger partial charge < -0.3 is 9.72 Å². The highest BCUT2D eigenvalue weighted by molar-refractivity contribution is 14.1. The fourth-order valence-corrected chi connectivity index (χ4v) is 2.56. The predicted octanol–water partition coefficient (Wildman–Crippen LogP) is 3.89. The summed E-state index contributed by atoms with van der Waals surface area (Å²) in [7, 11) is 1.58. The quantitative estimate of drug-likeness (QED) is 0.681. The summed E-state index contributed by atoms with van der Waals surface area (Å²) in [6.45, 7) is 0. The van der Waals surface area contributed by atoms with Crippen LogP contribution in [0.5, 0.6) is 5.88 Å². The number of rotatable bonds is 2. The third-order valence-corrected chi connectivity index (χ3v) is 3.89. The molecule has 6 heteroatoms. The molecule has 3 aromatic rings. The van der Waals surface area contributed by atoms with Crippen LogP contribution in [0, 0.1) is 3.57 Å². The van der Waals surface area contributed by atoms with Gasteiger partial charge in [-0.05, 0) is 46.9 Å². The second kappa shape index (κ2) is 4.97. The van der Waals surface area contributed by atoms with Crippen molar-refractivity contribution in [1.29, 1.82) is 0 Å². The van der Waals surface area contributed by atoms with Crippen molar-refractivity contribution in [3.8, 4) is 17.3 Å². The Labute approximate surface area is 128 Å². The number of halogens is 2. The summed E-state index contributed by atoms with van der Waals surface area (Å²) in [5.74, 6) is 1.30. The Morgan fingerprint density at radius 1 is 1.21 bits per heavy atom. The zero-order valence-corrected chi connectivity index (χ0v) is 12.9. The summed E-state index contributed by atoms with van der Waals surface area (Å²) in [5.41, 5.74) is 2.46. The average molecular weight is 386 g/mol. The molecular weight excluding hydrogens is 377 g/mol. The van der Waals surface area contributed by atoms with E-state index in [2.05, 4.69) is 37.5 Å². The minimum atomic E-state index is 0.548. The maximum Gasteiger partial charge on any atom is 0.215 e. The lowest BCUT2D eigenvalue weighted by atomic mass is 10.2. The number of hydrogen-bond acceptors (Lipinski definition) is 3. The fourth-order valence-electron chi connectivity index (χ4n) is 1.80. The number of ether oxygens (including phenoxy) is 1. The van der Waals surface area contributed by atoms with Gasteiger partial charge in [-0.1, -0.05) is 11.6 Å². The number of H-pyrrole nitrogens is 1. The van der Waals surface area contributed by atoms with Gasteiger partial charge in [-0.15, -0.1) is 0 Å². The number of methoxy groups -OCH3 is 1. The van der Waals surface area contributed by atoms with Crippen LogP contribution in [0.2, 0.25) is 5.02 Å². The van der Waals surface area contributed by atoms with E-state index in [4.69, 9.17) is 16.3 Å². The van der Waals surface area contributed by atoms with E-state index in [1.54, 1.807) is 13.2 Å². The van der Waals surface area contributed by atoms with Gasteiger partial charge in [0.2, 0.25) is 5.88 Å². The third kappa shape index (κ3) is 2.40. The van der Waals surface area contributed by atoms with Crippen molar-refractivity contribution < 1.29 is 4.74 Å². The Morgan fingerprint density at radius 3 is 2.84 bits per heavy atom. The van der Waals surface area contributed by atoms with Gasteiger partial charge in [0.15, 0.2) is 5.65 Å². The van der Waals surface area contributed by atoms with Crippen molar-refractivity contribution in [3.05, 3.63) is 38.9 Å². The molecule has 0 fully saturated rings. The first-order chi connectivity index (χ1) is 9.17. The van der Waals surface area contributed by atoms with Crippen LogP contribution in [0.3, 0.4) is 0 Å². The number of fused-ring (bicyclic) bond motifs is 1. The monoisotopic (exact) mass is 385 g/mol. The van der Waals surface area contributed by atoms with E-state index >= 15 is 0 Å². The smallest absolute Gasteiger partial charge is 0.215 e. The second-order valence-corrected chi connectivity index (χ2v) is 5.53. The van der Waals surface area contributed by atoms with Crippen LogP contribution in [0.25, 0.3) is 22.6 Å². The lowest BCUT2D eigenvalue weighted by Crippen LogP contribution is -1.87. The van der Waals surface area contributed by atoms with Crippen LogP contribution in [0.4, 0.5) is 0 Å². The SMILES string of the molecule is COc1ccc2[nH]c(-c3cc(Cl)ccc3I)nc2n1. The summed E-state index contributed by atoms with van der Waals surface area (Å²) in [6, 6.07) is 9.40. The number of aromatic nitrogens is 3. The van der Waals surface area contributed by atoms with Gasteiger partial charge in [0.05, 0.1) is 12.6 Å². The highest BCUT2D eigenvalue weighted by Gasteiger charge is 2.10. The molecule has 0 bridgehead atoms. The molecule has 0 saturated carbocycles. The van der Waals surface area contributed by atoms with E-state index in [1.165, 1.54) is 0 Å². The van der Waals surface area contributed by atoms with Crippen LogP contribution in [0.1, 0.15) is 0 Å². The zero-order chi connectivity index (χ0) is 13.4. The summed E-state index contributed by atoms with van der Waals surface area (Å²) in [6.07, 6.45) is 0. The second-order valence-electron chi connectivity index (χ2n) is 3.93. The third-order valence-electron chi connectivity index (χ3n) is 2.71. The van der Waals surface area contributed by atoms with Crippen LogP contribution in [-0.4, -0.2) is 22.1 Å². The molecule has 4 nitrogen and oxygen atoms in total. The van der Waals surface area contributed by atoms with E-state index in [0.29, 0.717) is 16.5 Å². The van der Waals surface area contributed by atoms with Crippen molar-refractivity contribution in [1.82, 2.24) is 15.0 Å². The predicted molar refractivity (Wildman–Crippen MR) is 83.6 cm³/mol. The highest BCUT2D eigenvalue weighted by atomic mass is 127. The first-order valence-electron chi connectivity index (χ1n) is 5.53. The zero-order valence-electron chi connectivity index (χ0n) is 9.95. The summed E-state index contributed by atoms with van der Waals surface area (Å²) >= 11 is 8.29. The number of aromatic amines is 1. The fraction of sp³-hybridized carbons (Fsp3) is 0.0769. The molecule has 0 atom stereocenters. The molecule has 96 valence electrons. The Morgan fingerprint density at radius 2 is 2.05 bits per heavy atom. The molecule has 1 N–H and O–H groups in total. The number of nitrogens with one attached hydrogen (secondary N) is 1. The molecule has 0 aliphatic carbocycles. The summed E-state index contributed by atoms with van der Waals surface area (Å²) < 4.78 is 6.17. The highest BCUT2D eigenvalue weighted by Crippen LogP contribution is 2.28. The van der Waals surface area contributed by atoms with Crippen molar-refractivity contribution in [2.24, 2.45) is 0 Å². The number of benzene rings is 1. The van der Waals surface area contributed by atoms with E-state index < -0.39 is 0 Å². The maximum absolute atomic E-state index is 6.03. The molecule has 1 aromatic carbocycles. The van der Waals surface area contributed by atoms with Crippen molar-refractivity contribution in [2.75, 3.05) is 7.11 Å². The first-order valence-corrected chi connectivity index (χ1v) is 6.99. The van der Waals surface area contributed by atoms with Crippen LogP contribution < -0.4 is 4.74 Å². The molecule has 0 saturated heterocycles. The molecule has 0 amide bonds. The molecule has 0 aliphatic heterocycles. The number of pyridine rings is 1. The average Bonchev–Trinajstić information content (AvgIpc) is 2.83. The van der Waals surface area contributed by atoms with Crippen LogP contribution in [-0.2, 0) is 0 Å². The molecule has 0 spiro atoms. The Bertz CT molecular complexity index is 757. The molecular formula is C13H9ClIN3O. The Balaban J connectivity index is 2.17. The van der Waals surface area contributed by atoms with Gasteiger partial charge in [0, 0.05) is 20.2 Å². The van der Waals surface area contributed by atoms with Gasteiger partial charge in [-0.3, -0.25) is 0 Å². The summed E-state index contributed by atoms with van der Waals surface area (Å²) in [4.78, 5) is 12.0. The largest absolute Gasteiger partial charge is 0.481 e. The van der Waals surface area contributed by atoms with E-state index in [0.717, 1.165) is 20.5 Å². The van der Waals surface area contributed by atoms with Crippen molar-refractivity contribution in [3.63, 3.8) is 0 Å². The molecule has 19 heavy (non-hydrogen) atoms. The maximum atomic E-state index is 6.03. The lowest BCUT2D eigenvalue weighted by Gasteiger charge is -2.00. The lowest BCUT2D eigenvalue weighted by molar-refractivity contribution is 0.399. The van der Waals surface area contributed by atoms with Crippen LogP contribution >= 0.6 is 34.2 Å². The minimum absolute atomic E-state index is 0.548.